The van der Waals surface area contributed by atoms with Crippen LogP contribution in [0.1, 0.15) is 22.7 Å². The van der Waals surface area contributed by atoms with Crippen LogP contribution < -0.4 is 10.1 Å². The van der Waals surface area contributed by atoms with Gasteiger partial charge in [0.05, 0.1) is 7.11 Å². The monoisotopic (exact) mass is 333 g/mol. The second-order valence-corrected chi connectivity index (χ2v) is 5.78. The predicted octanol–water partition coefficient (Wildman–Crippen LogP) is 2.97. The van der Waals surface area contributed by atoms with Crippen molar-refractivity contribution in [1.29, 1.82) is 0 Å². The fourth-order valence-corrected chi connectivity index (χ4v) is 3.11. The maximum atomic E-state index is 5.35. The molecule has 124 valence electrons. The number of pyridine rings is 1. The molecule has 0 spiro atoms. The van der Waals surface area contributed by atoms with Crippen LogP contribution in [0.3, 0.4) is 0 Å². The predicted molar refractivity (Wildman–Crippen MR) is 95.2 cm³/mol. The van der Waals surface area contributed by atoms with E-state index in [0.717, 1.165) is 31.9 Å². The summed E-state index contributed by atoms with van der Waals surface area (Å²) < 4.78 is 5.35. The maximum absolute atomic E-state index is 5.35. The molecule has 1 aliphatic rings. The Bertz CT molecular complexity index is 621. The van der Waals surface area contributed by atoms with Crippen LogP contribution in [0.2, 0.25) is 0 Å². The van der Waals surface area contributed by atoms with Crippen LogP contribution in [0.15, 0.2) is 42.7 Å². The van der Waals surface area contributed by atoms with Crippen molar-refractivity contribution < 1.29 is 4.74 Å². The number of rotatable bonds is 4. The van der Waals surface area contributed by atoms with Crippen molar-refractivity contribution in [2.24, 2.45) is 0 Å². The van der Waals surface area contributed by atoms with Gasteiger partial charge in [-0.05, 0) is 35.7 Å². The Morgan fingerprint density at radius 1 is 1.35 bits per heavy atom. The molecule has 5 heteroatoms. The molecule has 1 aliphatic heterocycles. The first-order valence-electron chi connectivity index (χ1n) is 7.76. The van der Waals surface area contributed by atoms with Gasteiger partial charge in [0.1, 0.15) is 5.75 Å². The van der Waals surface area contributed by atoms with Crippen molar-refractivity contribution in [1.82, 2.24) is 15.2 Å². The Kier molecular flexibility index (Phi) is 6.39. The van der Waals surface area contributed by atoms with Gasteiger partial charge in [0.15, 0.2) is 0 Å². The van der Waals surface area contributed by atoms with Crippen LogP contribution in [0.25, 0.3) is 0 Å². The topological polar surface area (TPSA) is 37.4 Å². The van der Waals surface area contributed by atoms with E-state index in [0.29, 0.717) is 6.04 Å². The zero-order valence-electron chi connectivity index (χ0n) is 13.7. The van der Waals surface area contributed by atoms with Crippen LogP contribution in [0.4, 0.5) is 0 Å². The van der Waals surface area contributed by atoms with Gasteiger partial charge in [-0.3, -0.25) is 9.88 Å². The molecule has 3 rings (SSSR count). The van der Waals surface area contributed by atoms with Gasteiger partial charge < -0.3 is 10.1 Å². The van der Waals surface area contributed by atoms with E-state index in [1.807, 2.05) is 18.5 Å². The largest absolute Gasteiger partial charge is 0.496 e. The van der Waals surface area contributed by atoms with Crippen molar-refractivity contribution in [3.05, 3.63) is 59.4 Å². The molecule has 0 bridgehead atoms. The Balaban J connectivity index is 0.00000192. The summed E-state index contributed by atoms with van der Waals surface area (Å²) in [5, 5.41) is 3.49. The van der Waals surface area contributed by atoms with Gasteiger partial charge in [-0.15, -0.1) is 12.4 Å². The lowest BCUT2D eigenvalue weighted by atomic mass is 10.0. The van der Waals surface area contributed by atoms with E-state index in [-0.39, 0.29) is 12.4 Å². The van der Waals surface area contributed by atoms with E-state index in [4.69, 9.17) is 4.74 Å². The number of halogens is 1. The van der Waals surface area contributed by atoms with Gasteiger partial charge in [0, 0.05) is 44.6 Å². The highest BCUT2D eigenvalue weighted by atomic mass is 35.5. The van der Waals surface area contributed by atoms with Gasteiger partial charge in [-0.2, -0.15) is 0 Å². The standard InChI is InChI=1S/C18H23N3O.ClH/c1-14-10-15(5-6-18(14)22-2)13-21-9-8-20-12-17(21)16-4-3-7-19-11-16;/h3-7,10-11,17,20H,8-9,12-13H2,1-2H3;1H. The summed E-state index contributed by atoms with van der Waals surface area (Å²) in [6.45, 7) is 6.10. The minimum absolute atomic E-state index is 0. The van der Waals surface area contributed by atoms with E-state index in [9.17, 15) is 0 Å². The smallest absolute Gasteiger partial charge is 0.121 e. The molecule has 0 aliphatic carbocycles. The highest BCUT2D eigenvalue weighted by molar-refractivity contribution is 5.85. The molecular formula is C18H24ClN3O. The van der Waals surface area contributed by atoms with E-state index in [1.54, 1.807) is 7.11 Å². The number of aromatic nitrogens is 1. The Morgan fingerprint density at radius 2 is 2.22 bits per heavy atom. The normalized spacial score (nSPS) is 18.3. The van der Waals surface area contributed by atoms with Gasteiger partial charge >= 0.3 is 0 Å². The number of hydrogen-bond acceptors (Lipinski definition) is 4. The molecule has 23 heavy (non-hydrogen) atoms. The number of ether oxygens (including phenoxy) is 1. The first-order valence-corrected chi connectivity index (χ1v) is 7.76. The fourth-order valence-electron chi connectivity index (χ4n) is 3.11. The quantitative estimate of drug-likeness (QED) is 0.933. The lowest BCUT2D eigenvalue weighted by Crippen LogP contribution is -2.45. The number of hydrogen-bond donors (Lipinski definition) is 1. The van der Waals surface area contributed by atoms with Crippen LogP contribution in [-0.4, -0.2) is 36.6 Å². The molecular weight excluding hydrogens is 310 g/mol. The lowest BCUT2D eigenvalue weighted by Gasteiger charge is -2.36. The van der Waals surface area contributed by atoms with Crippen molar-refractivity contribution in [2.75, 3.05) is 26.7 Å². The van der Waals surface area contributed by atoms with Crippen LogP contribution in [0.5, 0.6) is 5.75 Å². The average Bonchev–Trinajstić information content (AvgIpc) is 2.56. The average molecular weight is 334 g/mol. The van der Waals surface area contributed by atoms with Gasteiger partial charge in [0.25, 0.3) is 0 Å². The van der Waals surface area contributed by atoms with Crippen LogP contribution in [-0.2, 0) is 6.54 Å². The molecule has 1 aromatic carbocycles. The molecule has 1 aromatic heterocycles. The second-order valence-electron chi connectivity index (χ2n) is 5.78. The van der Waals surface area contributed by atoms with Crippen LogP contribution >= 0.6 is 12.4 Å². The molecule has 0 radical (unpaired) electrons. The molecule has 0 saturated carbocycles. The minimum atomic E-state index is 0. The molecule has 2 heterocycles. The first-order chi connectivity index (χ1) is 10.8. The fraction of sp³-hybridized carbons (Fsp3) is 0.389. The third-order valence-corrected chi connectivity index (χ3v) is 4.27. The summed E-state index contributed by atoms with van der Waals surface area (Å²) in [4.78, 5) is 6.79. The summed E-state index contributed by atoms with van der Waals surface area (Å²) in [5.41, 5.74) is 3.79. The number of nitrogens with zero attached hydrogens (tertiary/aromatic N) is 2. The van der Waals surface area contributed by atoms with Gasteiger partial charge in [-0.25, -0.2) is 0 Å². The molecule has 0 amide bonds. The number of nitrogens with one attached hydrogen (secondary N) is 1. The number of piperazine rings is 1. The number of aryl methyl sites for hydroxylation is 1. The minimum Gasteiger partial charge on any atom is -0.496 e. The van der Waals surface area contributed by atoms with Crippen molar-refractivity contribution in [2.45, 2.75) is 19.5 Å². The number of methoxy groups -OCH3 is 1. The Hall–Kier alpha value is -1.62. The first kappa shape index (κ1) is 17.7. The second kappa shape index (κ2) is 8.29. The van der Waals surface area contributed by atoms with Gasteiger partial charge in [-0.1, -0.05) is 18.2 Å². The third-order valence-electron chi connectivity index (χ3n) is 4.27. The molecule has 1 unspecified atom stereocenters. The molecule has 2 aromatic rings. The summed E-state index contributed by atoms with van der Waals surface area (Å²) >= 11 is 0. The lowest BCUT2D eigenvalue weighted by molar-refractivity contribution is 0.153. The summed E-state index contributed by atoms with van der Waals surface area (Å²) in [5.74, 6) is 0.952. The van der Waals surface area contributed by atoms with E-state index in [2.05, 4.69) is 46.4 Å². The van der Waals surface area contributed by atoms with Crippen LogP contribution in [0, 0.1) is 6.92 Å². The maximum Gasteiger partial charge on any atom is 0.121 e. The highest BCUT2D eigenvalue weighted by Gasteiger charge is 2.23. The number of benzene rings is 1. The highest BCUT2D eigenvalue weighted by Crippen LogP contribution is 2.25. The molecule has 1 fully saturated rings. The Morgan fingerprint density at radius 3 is 2.91 bits per heavy atom. The van der Waals surface area contributed by atoms with E-state index in [1.165, 1.54) is 16.7 Å². The summed E-state index contributed by atoms with van der Waals surface area (Å²) in [6.07, 6.45) is 3.81. The molecule has 4 nitrogen and oxygen atoms in total. The van der Waals surface area contributed by atoms with E-state index < -0.39 is 0 Å². The Labute approximate surface area is 144 Å². The summed E-state index contributed by atoms with van der Waals surface area (Å²) in [6, 6.07) is 11.0. The van der Waals surface area contributed by atoms with E-state index >= 15 is 0 Å². The molecule has 1 N–H and O–H groups in total. The van der Waals surface area contributed by atoms with Crippen molar-refractivity contribution in [3.63, 3.8) is 0 Å². The van der Waals surface area contributed by atoms with Crippen molar-refractivity contribution in [3.8, 4) is 5.75 Å². The zero-order valence-corrected chi connectivity index (χ0v) is 14.5. The SMILES string of the molecule is COc1ccc(CN2CCNCC2c2cccnc2)cc1C.Cl. The summed E-state index contributed by atoms with van der Waals surface area (Å²) in [7, 11) is 1.72. The van der Waals surface area contributed by atoms with Gasteiger partial charge in [0.2, 0.25) is 0 Å². The molecule has 1 saturated heterocycles. The zero-order chi connectivity index (χ0) is 15.4. The van der Waals surface area contributed by atoms with Crippen molar-refractivity contribution >= 4 is 12.4 Å². The third kappa shape index (κ3) is 4.22. The molecule has 1 atom stereocenters.